The van der Waals surface area contributed by atoms with Crippen LogP contribution in [0, 0.1) is 0 Å². The molecule has 0 fully saturated rings. The lowest BCUT2D eigenvalue weighted by Crippen LogP contribution is -2.26. The molecule has 0 atom stereocenters. The number of carbonyl (C=O) groups is 2. The van der Waals surface area contributed by atoms with Crippen LogP contribution in [0.2, 0.25) is 0 Å². The fraction of sp³-hybridized carbons (Fsp3) is 0.429. The summed E-state index contributed by atoms with van der Waals surface area (Å²) in [4.78, 5) is 24.3. The number of carbonyl (C=O) groups excluding carboxylic acids is 2. The van der Waals surface area contributed by atoms with Gasteiger partial charge in [-0.05, 0) is 25.4 Å². The van der Waals surface area contributed by atoms with E-state index in [1.807, 2.05) is 11.4 Å². The number of hydrogen-bond donors (Lipinski definition) is 2. The number of rotatable bonds is 7. The molecule has 5 nitrogen and oxygen atoms in total. The van der Waals surface area contributed by atoms with Crippen LogP contribution in [-0.4, -0.2) is 32.1 Å². The van der Waals surface area contributed by atoms with Gasteiger partial charge >= 0.3 is 5.97 Å². The molecular formula is C14H19ClN2O3S2. The highest BCUT2D eigenvalue weighted by molar-refractivity contribution is 7.28. The predicted molar refractivity (Wildman–Crippen MR) is 93.3 cm³/mol. The minimum absolute atomic E-state index is 0. The van der Waals surface area contributed by atoms with Crippen molar-refractivity contribution in [3.63, 3.8) is 0 Å². The second-order valence-corrected chi connectivity index (χ2v) is 6.34. The number of fused-ring (bicyclic) bond motifs is 1. The maximum atomic E-state index is 12.0. The van der Waals surface area contributed by atoms with E-state index in [4.69, 9.17) is 4.74 Å². The van der Waals surface area contributed by atoms with Gasteiger partial charge in [0.25, 0.3) is 0 Å². The average molecular weight is 363 g/mol. The minimum atomic E-state index is -0.314. The number of amides is 1. The topological polar surface area (TPSA) is 67.4 Å². The molecule has 2 N–H and O–H groups in total. The molecule has 8 heteroatoms. The van der Waals surface area contributed by atoms with Crippen molar-refractivity contribution in [2.45, 2.75) is 19.9 Å². The molecule has 2 heterocycles. The van der Waals surface area contributed by atoms with Crippen LogP contribution in [0.4, 0.5) is 0 Å². The molecule has 0 aliphatic heterocycles. The second kappa shape index (κ2) is 9.09. The standard InChI is InChI=1S/C14H18N2O3S2.ClH/c1-3-19-14(18)13-9(8-16-11(17)4-6-15-2)12-10(21-13)5-7-20-12;/h5,7,15H,3-4,6,8H2,1-2H3,(H,16,17);1H. The van der Waals surface area contributed by atoms with E-state index >= 15 is 0 Å². The summed E-state index contributed by atoms with van der Waals surface area (Å²) in [5.74, 6) is -0.347. The van der Waals surface area contributed by atoms with E-state index in [1.54, 1.807) is 25.3 Å². The summed E-state index contributed by atoms with van der Waals surface area (Å²) in [6, 6.07) is 1.99. The van der Waals surface area contributed by atoms with E-state index in [0.717, 1.165) is 15.0 Å². The Balaban J connectivity index is 0.00000242. The third kappa shape index (κ3) is 4.42. The number of hydrogen-bond acceptors (Lipinski definition) is 6. The van der Waals surface area contributed by atoms with Crippen molar-refractivity contribution in [2.24, 2.45) is 0 Å². The quantitative estimate of drug-likeness (QED) is 0.743. The van der Waals surface area contributed by atoms with Crippen LogP contribution < -0.4 is 10.6 Å². The lowest BCUT2D eigenvalue weighted by atomic mass is 10.2. The van der Waals surface area contributed by atoms with Gasteiger partial charge < -0.3 is 15.4 Å². The highest BCUT2D eigenvalue weighted by Crippen LogP contribution is 2.35. The molecule has 2 rings (SSSR count). The lowest BCUT2D eigenvalue weighted by Gasteiger charge is -2.06. The molecular weight excluding hydrogens is 344 g/mol. The second-order valence-electron chi connectivity index (χ2n) is 4.37. The van der Waals surface area contributed by atoms with E-state index in [0.29, 0.717) is 31.0 Å². The van der Waals surface area contributed by atoms with Crippen LogP contribution in [0.5, 0.6) is 0 Å². The van der Waals surface area contributed by atoms with Gasteiger partial charge in [0.1, 0.15) is 4.88 Å². The van der Waals surface area contributed by atoms with Gasteiger partial charge in [-0.1, -0.05) is 0 Å². The molecule has 1 amide bonds. The molecule has 2 aromatic rings. The first-order chi connectivity index (χ1) is 10.2. The van der Waals surface area contributed by atoms with Crippen molar-refractivity contribution in [3.05, 3.63) is 21.9 Å². The Morgan fingerprint density at radius 2 is 2.14 bits per heavy atom. The first-order valence-electron chi connectivity index (χ1n) is 6.74. The Bertz CT molecular complexity index is 639. The van der Waals surface area contributed by atoms with Crippen molar-refractivity contribution >= 4 is 56.4 Å². The summed E-state index contributed by atoms with van der Waals surface area (Å²) >= 11 is 3.00. The van der Waals surface area contributed by atoms with Crippen LogP contribution in [-0.2, 0) is 16.1 Å². The van der Waals surface area contributed by atoms with Gasteiger partial charge in [0.2, 0.25) is 5.91 Å². The van der Waals surface area contributed by atoms with E-state index in [-0.39, 0.29) is 24.3 Å². The maximum absolute atomic E-state index is 12.0. The van der Waals surface area contributed by atoms with Crippen molar-refractivity contribution in [1.29, 1.82) is 0 Å². The molecule has 0 unspecified atom stereocenters. The molecule has 2 aromatic heterocycles. The van der Waals surface area contributed by atoms with Crippen molar-refractivity contribution in [2.75, 3.05) is 20.2 Å². The largest absolute Gasteiger partial charge is 0.462 e. The molecule has 0 aromatic carbocycles. The first kappa shape index (κ1) is 18.9. The molecule has 22 heavy (non-hydrogen) atoms. The SMILES string of the molecule is CCOC(=O)c1sc2ccsc2c1CNC(=O)CCNC.Cl. The van der Waals surface area contributed by atoms with E-state index in [2.05, 4.69) is 10.6 Å². The predicted octanol–water partition coefficient (Wildman–Crippen LogP) is 2.79. The zero-order valence-electron chi connectivity index (χ0n) is 12.4. The highest BCUT2D eigenvalue weighted by atomic mass is 35.5. The zero-order valence-corrected chi connectivity index (χ0v) is 14.9. The Morgan fingerprint density at radius 1 is 1.36 bits per heavy atom. The highest BCUT2D eigenvalue weighted by Gasteiger charge is 2.20. The van der Waals surface area contributed by atoms with Gasteiger partial charge in [-0.15, -0.1) is 35.1 Å². The van der Waals surface area contributed by atoms with Crippen LogP contribution in [0.3, 0.4) is 0 Å². The van der Waals surface area contributed by atoms with Crippen molar-refractivity contribution in [1.82, 2.24) is 10.6 Å². The van der Waals surface area contributed by atoms with Gasteiger partial charge in [0.05, 0.1) is 11.3 Å². The summed E-state index contributed by atoms with van der Waals surface area (Å²) < 4.78 is 7.20. The smallest absolute Gasteiger partial charge is 0.348 e. The monoisotopic (exact) mass is 362 g/mol. The zero-order chi connectivity index (χ0) is 15.2. The van der Waals surface area contributed by atoms with Crippen LogP contribution in [0.1, 0.15) is 28.6 Å². The Morgan fingerprint density at radius 3 is 2.82 bits per heavy atom. The van der Waals surface area contributed by atoms with Gasteiger partial charge in [0, 0.05) is 29.8 Å². The number of nitrogens with one attached hydrogen (secondary N) is 2. The third-order valence-electron chi connectivity index (χ3n) is 2.91. The Hall–Kier alpha value is -1.15. The molecule has 0 aliphatic carbocycles. The van der Waals surface area contributed by atoms with Crippen LogP contribution in [0.25, 0.3) is 9.40 Å². The first-order valence-corrected chi connectivity index (χ1v) is 8.44. The molecule has 122 valence electrons. The normalized spacial score (nSPS) is 10.3. The van der Waals surface area contributed by atoms with Gasteiger partial charge in [-0.2, -0.15) is 0 Å². The summed E-state index contributed by atoms with van der Waals surface area (Å²) in [6.07, 6.45) is 0.420. The summed E-state index contributed by atoms with van der Waals surface area (Å²) in [5.41, 5.74) is 0.862. The molecule has 0 aliphatic rings. The summed E-state index contributed by atoms with van der Waals surface area (Å²) in [5, 5.41) is 7.79. The minimum Gasteiger partial charge on any atom is -0.462 e. The average Bonchev–Trinajstić information content (AvgIpc) is 3.04. The van der Waals surface area contributed by atoms with Crippen LogP contribution in [0.15, 0.2) is 11.4 Å². The molecule has 0 radical (unpaired) electrons. The Labute approximate surface area is 143 Å². The third-order valence-corrected chi connectivity index (χ3v) is 5.20. The number of thiophene rings is 2. The molecule has 0 saturated carbocycles. The van der Waals surface area contributed by atoms with Gasteiger partial charge in [-0.25, -0.2) is 4.79 Å². The fourth-order valence-corrected chi connectivity index (χ4v) is 4.18. The molecule has 0 bridgehead atoms. The maximum Gasteiger partial charge on any atom is 0.348 e. The lowest BCUT2D eigenvalue weighted by molar-refractivity contribution is -0.121. The summed E-state index contributed by atoms with van der Waals surface area (Å²) in [6.45, 7) is 3.12. The van der Waals surface area contributed by atoms with Gasteiger partial charge in [0.15, 0.2) is 0 Å². The molecule has 0 saturated heterocycles. The van der Waals surface area contributed by atoms with E-state index in [9.17, 15) is 9.59 Å². The van der Waals surface area contributed by atoms with E-state index < -0.39 is 0 Å². The number of halogens is 1. The van der Waals surface area contributed by atoms with Crippen LogP contribution >= 0.6 is 35.1 Å². The van der Waals surface area contributed by atoms with Crippen molar-refractivity contribution < 1.29 is 14.3 Å². The number of ether oxygens (including phenoxy) is 1. The Kier molecular flexibility index (Phi) is 7.81. The summed E-state index contributed by atoms with van der Waals surface area (Å²) in [7, 11) is 1.81. The number of esters is 1. The molecule has 0 spiro atoms. The van der Waals surface area contributed by atoms with Crippen molar-refractivity contribution in [3.8, 4) is 0 Å². The van der Waals surface area contributed by atoms with Gasteiger partial charge in [-0.3, -0.25) is 4.79 Å². The fourth-order valence-electron chi connectivity index (χ4n) is 1.91. The van der Waals surface area contributed by atoms with E-state index in [1.165, 1.54) is 11.3 Å².